The SMILES string of the molecule is Cc1ccc2ccccc2c1-c1cc2c3cc(-c4ccc5c(c4)C(C)(C)c4ccccc4-5)ccc3c(-c3c(C)ccc4ccccc34)cc2c2ccccc12. The zero-order chi connectivity index (χ0) is 37.0. The molecule has 1 aliphatic rings. The normalized spacial score (nSPS) is 13.2. The lowest BCUT2D eigenvalue weighted by Crippen LogP contribution is -2.14. The second-order valence-corrected chi connectivity index (χ2v) is 16.1. The van der Waals surface area contributed by atoms with E-state index in [-0.39, 0.29) is 5.41 Å². The van der Waals surface area contributed by atoms with Crippen molar-refractivity contribution in [2.75, 3.05) is 0 Å². The number of fused-ring (bicyclic) bond motifs is 10. The number of rotatable bonds is 3. The van der Waals surface area contributed by atoms with Crippen molar-refractivity contribution in [1.29, 1.82) is 0 Å². The second kappa shape index (κ2) is 11.7. The fourth-order valence-corrected chi connectivity index (χ4v) is 9.95. The molecule has 0 saturated carbocycles. The Balaban J connectivity index is 1.26. The molecule has 0 radical (unpaired) electrons. The Morgan fingerprint density at radius 3 is 1.45 bits per heavy atom. The summed E-state index contributed by atoms with van der Waals surface area (Å²) in [5.74, 6) is 0. The molecule has 0 aromatic heterocycles. The second-order valence-electron chi connectivity index (χ2n) is 16.1. The first-order chi connectivity index (χ1) is 26.9. The molecular formula is C55H40. The summed E-state index contributed by atoms with van der Waals surface area (Å²) in [5.41, 5.74) is 15.7. The summed E-state index contributed by atoms with van der Waals surface area (Å²) in [4.78, 5) is 0. The molecule has 0 N–H and O–H groups in total. The highest BCUT2D eigenvalue weighted by Gasteiger charge is 2.35. The van der Waals surface area contributed by atoms with Crippen LogP contribution in [0.3, 0.4) is 0 Å². The molecule has 0 heteroatoms. The molecule has 0 bridgehead atoms. The van der Waals surface area contributed by atoms with Crippen LogP contribution in [0.25, 0.3) is 98.4 Å². The van der Waals surface area contributed by atoms with Gasteiger partial charge in [-0.2, -0.15) is 0 Å². The third kappa shape index (κ3) is 4.65. The van der Waals surface area contributed by atoms with Gasteiger partial charge >= 0.3 is 0 Å². The average molecular weight is 701 g/mol. The smallest absolute Gasteiger partial charge is 0.0159 e. The van der Waals surface area contributed by atoms with Gasteiger partial charge in [0.25, 0.3) is 0 Å². The maximum Gasteiger partial charge on any atom is 0.0159 e. The van der Waals surface area contributed by atoms with Gasteiger partial charge in [-0.15, -0.1) is 0 Å². The minimum absolute atomic E-state index is 0.0608. The monoisotopic (exact) mass is 700 g/mol. The van der Waals surface area contributed by atoms with E-state index >= 15 is 0 Å². The lowest BCUT2D eigenvalue weighted by atomic mass is 9.81. The average Bonchev–Trinajstić information content (AvgIpc) is 3.45. The first-order valence-corrected chi connectivity index (χ1v) is 19.5. The van der Waals surface area contributed by atoms with Crippen LogP contribution in [0.4, 0.5) is 0 Å². The predicted molar refractivity (Wildman–Crippen MR) is 237 cm³/mol. The standard InChI is InChI=1S/C55H40/c1-33-21-23-35-13-5-7-15-39(35)53(33)49-32-48-46-29-37(38-26-28-45-44-19-11-12-20-51(44)55(3,4)52(45)30-38)25-27-43(46)50(31-47(48)41-17-9-10-18-42(41)49)54-34(2)22-24-36-14-6-8-16-40(36)54/h5-32H,1-4H3. The molecule has 0 aliphatic heterocycles. The zero-order valence-electron chi connectivity index (χ0n) is 31.7. The van der Waals surface area contributed by atoms with Crippen LogP contribution in [0.5, 0.6) is 0 Å². The van der Waals surface area contributed by atoms with Crippen molar-refractivity contribution in [1.82, 2.24) is 0 Å². The van der Waals surface area contributed by atoms with Crippen molar-refractivity contribution in [2.24, 2.45) is 0 Å². The van der Waals surface area contributed by atoms with Crippen LogP contribution in [0, 0.1) is 13.8 Å². The topological polar surface area (TPSA) is 0 Å². The fraction of sp³-hybridized carbons (Fsp3) is 0.0909. The van der Waals surface area contributed by atoms with E-state index < -0.39 is 0 Å². The summed E-state index contributed by atoms with van der Waals surface area (Å²) in [5, 5.41) is 12.8. The van der Waals surface area contributed by atoms with Crippen molar-refractivity contribution >= 4 is 53.9 Å². The summed E-state index contributed by atoms with van der Waals surface area (Å²) in [6.07, 6.45) is 0. The molecule has 0 amide bonds. The molecular weight excluding hydrogens is 661 g/mol. The van der Waals surface area contributed by atoms with Gasteiger partial charge in [-0.05, 0) is 159 Å². The Kier molecular flexibility index (Phi) is 6.83. The molecule has 0 spiro atoms. The highest BCUT2D eigenvalue weighted by atomic mass is 14.4. The molecule has 11 rings (SSSR count). The van der Waals surface area contributed by atoms with Gasteiger partial charge in [0.2, 0.25) is 0 Å². The summed E-state index contributed by atoms with van der Waals surface area (Å²) >= 11 is 0. The predicted octanol–water partition coefficient (Wildman–Crippen LogP) is 15.4. The van der Waals surface area contributed by atoms with E-state index in [1.54, 1.807) is 0 Å². The Bertz CT molecular complexity index is 3250. The number of hydrogen-bond acceptors (Lipinski definition) is 0. The molecule has 260 valence electrons. The molecule has 0 heterocycles. The van der Waals surface area contributed by atoms with Gasteiger partial charge < -0.3 is 0 Å². The molecule has 55 heavy (non-hydrogen) atoms. The largest absolute Gasteiger partial charge is 0.0619 e. The van der Waals surface area contributed by atoms with Crippen molar-refractivity contribution in [3.63, 3.8) is 0 Å². The summed E-state index contributed by atoms with van der Waals surface area (Å²) in [6.45, 7) is 9.27. The Morgan fingerprint density at radius 1 is 0.309 bits per heavy atom. The quantitative estimate of drug-likeness (QED) is 0.161. The van der Waals surface area contributed by atoms with Crippen molar-refractivity contribution in [2.45, 2.75) is 33.1 Å². The van der Waals surface area contributed by atoms with Crippen LogP contribution in [0.2, 0.25) is 0 Å². The first-order valence-electron chi connectivity index (χ1n) is 19.5. The maximum absolute atomic E-state index is 2.50. The van der Waals surface area contributed by atoms with Crippen LogP contribution in [0.15, 0.2) is 170 Å². The van der Waals surface area contributed by atoms with Gasteiger partial charge in [-0.3, -0.25) is 0 Å². The molecule has 10 aromatic rings. The molecule has 10 aromatic carbocycles. The molecule has 0 nitrogen and oxygen atoms in total. The van der Waals surface area contributed by atoms with Gasteiger partial charge in [0.15, 0.2) is 0 Å². The summed E-state index contributed by atoms with van der Waals surface area (Å²) in [6, 6.07) is 64.1. The van der Waals surface area contributed by atoms with Gasteiger partial charge in [-0.1, -0.05) is 159 Å². The van der Waals surface area contributed by atoms with E-state index in [0.717, 1.165) is 0 Å². The van der Waals surface area contributed by atoms with E-state index in [4.69, 9.17) is 0 Å². The number of benzene rings is 10. The third-order valence-electron chi connectivity index (χ3n) is 12.7. The van der Waals surface area contributed by atoms with Crippen LogP contribution < -0.4 is 0 Å². The molecule has 0 saturated heterocycles. The van der Waals surface area contributed by atoms with Crippen molar-refractivity contribution in [3.8, 4) is 44.5 Å². The Morgan fingerprint density at radius 2 is 0.782 bits per heavy atom. The fourth-order valence-electron chi connectivity index (χ4n) is 9.95. The van der Waals surface area contributed by atoms with Gasteiger partial charge in [-0.25, -0.2) is 0 Å². The van der Waals surface area contributed by atoms with E-state index in [1.165, 1.54) is 121 Å². The van der Waals surface area contributed by atoms with Gasteiger partial charge in [0.05, 0.1) is 0 Å². The van der Waals surface area contributed by atoms with Crippen LogP contribution in [-0.4, -0.2) is 0 Å². The van der Waals surface area contributed by atoms with Crippen LogP contribution in [-0.2, 0) is 5.41 Å². The Hall–Kier alpha value is -6.50. The lowest BCUT2D eigenvalue weighted by Gasteiger charge is -2.22. The van der Waals surface area contributed by atoms with E-state index in [2.05, 4.69) is 198 Å². The van der Waals surface area contributed by atoms with Crippen molar-refractivity contribution in [3.05, 3.63) is 192 Å². The molecule has 0 unspecified atom stereocenters. The molecule has 0 fully saturated rings. The summed E-state index contributed by atoms with van der Waals surface area (Å²) in [7, 11) is 0. The minimum atomic E-state index is -0.0608. The van der Waals surface area contributed by atoms with Gasteiger partial charge in [0.1, 0.15) is 0 Å². The third-order valence-corrected chi connectivity index (χ3v) is 12.7. The van der Waals surface area contributed by atoms with Crippen LogP contribution in [0.1, 0.15) is 36.1 Å². The van der Waals surface area contributed by atoms with Crippen molar-refractivity contribution < 1.29 is 0 Å². The molecule has 0 atom stereocenters. The zero-order valence-corrected chi connectivity index (χ0v) is 31.7. The van der Waals surface area contributed by atoms with Gasteiger partial charge in [0, 0.05) is 5.41 Å². The Labute approximate surface area is 322 Å². The number of aryl methyl sites for hydroxylation is 2. The number of hydrogen-bond donors (Lipinski definition) is 0. The summed E-state index contributed by atoms with van der Waals surface area (Å²) < 4.78 is 0. The van der Waals surface area contributed by atoms with Crippen LogP contribution >= 0.6 is 0 Å². The van der Waals surface area contributed by atoms with E-state index in [1.807, 2.05) is 0 Å². The highest BCUT2D eigenvalue weighted by Crippen LogP contribution is 2.50. The minimum Gasteiger partial charge on any atom is -0.0619 e. The van der Waals surface area contributed by atoms with E-state index in [0.29, 0.717) is 0 Å². The lowest BCUT2D eigenvalue weighted by molar-refractivity contribution is 0.660. The molecule has 1 aliphatic carbocycles. The highest BCUT2D eigenvalue weighted by molar-refractivity contribution is 6.26. The van der Waals surface area contributed by atoms with E-state index in [9.17, 15) is 0 Å². The maximum atomic E-state index is 2.50. The first kappa shape index (κ1) is 32.0.